The summed E-state index contributed by atoms with van der Waals surface area (Å²) in [5.74, 6) is -0.167. The highest BCUT2D eigenvalue weighted by Gasteiger charge is 2.14. The van der Waals surface area contributed by atoms with Crippen molar-refractivity contribution in [1.29, 1.82) is 0 Å². The number of tetrazole rings is 1. The molecule has 1 N–H and O–H groups in total. The van der Waals surface area contributed by atoms with Crippen LogP contribution >= 0.6 is 0 Å². The van der Waals surface area contributed by atoms with Gasteiger partial charge in [0.2, 0.25) is 0 Å². The molecule has 1 heterocycles. The summed E-state index contributed by atoms with van der Waals surface area (Å²) in [5, 5.41) is 14.2. The van der Waals surface area contributed by atoms with Crippen LogP contribution in [0, 0.1) is 6.92 Å². The molecule has 3 rings (SSSR count). The molecule has 0 aliphatic heterocycles. The molecular formula is C19H21N5O2. The predicted octanol–water partition coefficient (Wildman–Crippen LogP) is 2.40. The average molecular weight is 351 g/mol. The van der Waals surface area contributed by atoms with Gasteiger partial charge in [-0.3, -0.25) is 4.79 Å². The van der Waals surface area contributed by atoms with Gasteiger partial charge in [0, 0.05) is 18.7 Å². The minimum atomic E-state index is -0.167. The Morgan fingerprint density at radius 1 is 1.27 bits per heavy atom. The second kappa shape index (κ2) is 7.88. The van der Waals surface area contributed by atoms with E-state index < -0.39 is 0 Å². The molecule has 134 valence electrons. The molecule has 0 aliphatic carbocycles. The van der Waals surface area contributed by atoms with E-state index in [1.807, 2.05) is 50.2 Å². The van der Waals surface area contributed by atoms with E-state index in [1.165, 1.54) is 11.0 Å². The first-order valence-corrected chi connectivity index (χ1v) is 8.32. The molecule has 1 aromatic heterocycles. The van der Waals surface area contributed by atoms with Crippen LogP contribution < -0.4 is 5.32 Å². The van der Waals surface area contributed by atoms with Crippen molar-refractivity contribution < 1.29 is 9.53 Å². The monoisotopic (exact) mass is 351 g/mol. The maximum Gasteiger partial charge on any atom is 0.251 e. The van der Waals surface area contributed by atoms with Crippen molar-refractivity contribution in [1.82, 2.24) is 25.5 Å². The molecule has 1 atom stereocenters. The van der Waals surface area contributed by atoms with E-state index in [1.54, 1.807) is 13.2 Å². The van der Waals surface area contributed by atoms with Crippen LogP contribution in [-0.4, -0.2) is 45.9 Å². The Morgan fingerprint density at radius 3 is 2.77 bits per heavy atom. The van der Waals surface area contributed by atoms with E-state index in [4.69, 9.17) is 4.74 Å². The van der Waals surface area contributed by atoms with Crippen molar-refractivity contribution in [3.63, 3.8) is 0 Å². The third kappa shape index (κ3) is 3.94. The van der Waals surface area contributed by atoms with Crippen LogP contribution in [0.1, 0.15) is 22.8 Å². The summed E-state index contributed by atoms with van der Waals surface area (Å²) in [6.45, 7) is 4.39. The van der Waals surface area contributed by atoms with Crippen LogP contribution in [0.15, 0.2) is 48.8 Å². The molecule has 0 bridgehead atoms. The third-order valence-electron chi connectivity index (χ3n) is 4.04. The smallest absolute Gasteiger partial charge is 0.251 e. The summed E-state index contributed by atoms with van der Waals surface area (Å²) < 4.78 is 6.63. The summed E-state index contributed by atoms with van der Waals surface area (Å²) in [5.41, 5.74) is 4.38. The van der Waals surface area contributed by atoms with Crippen molar-refractivity contribution >= 4 is 5.91 Å². The van der Waals surface area contributed by atoms with E-state index in [9.17, 15) is 4.79 Å². The molecule has 0 fully saturated rings. The minimum Gasteiger partial charge on any atom is -0.383 e. The SMILES string of the molecule is COCC(C)NC(=O)c1cc(-c2ccccc2C)cc(-n2cnnn2)c1. The molecule has 7 heteroatoms. The summed E-state index contributed by atoms with van der Waals surface area (Å²) in [6, 6.07) is 13.6. The predicted molar refractivity (Wildman–Crippen MR) is 98.1 cm³/mol. The number of carbonyl (C=O) groups is 1. The maximum atomic E-state index is 12.7. The number of carbonyl (C=O) groups excluding carboxylic acids is 1. The van der Waals surface area contributed by atoms with Gasteiger partial charge in [-0.25, -0.2) is 4.68 Å². The number of methoxy groups -OCH3 is 1. The van der Waals surface area contributed by atoms with Crippen LogP contribution in [0.3, 0.4) is 0 Å². The van der Waals surface area contributed by atoms with Gasteiger partial charge < -0.3 is 10.1 Å². The number of benzene rings is 2. The second-order valence-corrected chi connectivity index (χ2v) is 6.17. The number of nitrogens with zero attached hydrogens (tertiary/aromatic N) is 4. The third-order valence-corrected chi connectivity index (χ3v) is 4.04. The average Bonchev–Trinajstić information content (AvgIpc) is 3.16. The Balaban J connectivity index is 2.04. The minimum absolute atomic E-state index is 0.0916. The molecular weight excluding hydrogens is 330 g/mol. The summed E-state index contributed by atoms with van der Waals surface area (Å²) in [4.78, 5) is 12.7. The molecule has 0 radical (unpaired) electrons. The van der Waals surface area contributed by atoms with Crippen LogP contribution in [0.5, 0.6) is 0 Å². The number of amides is 1. The van der Waals surface area contributed by atoms with Gasteiger partial charge in [-0.2, -0.15) is 0 Å². The first-order valence-electron chi connectivity index (χ1n) is 8.32. The van der Waals surface area contributed by atoms with Crippen molar-refractivity contribution in [2.24, 2.45) is 0 Å². The van der Waals surface area contributed by atoms with Crippen molar-refractivity contribution in [3.8, 4) is 16.8 Å². The van der Waals surface area contributed by atoms with Gasteiger partial charge >= 0.3 is 0 Å². The molecule has 26 heavy (non-hydrogen) atoms. The van der Waals surface area contributed by atoms with Gasteiger partial charge in [-0.1, -0.05) is 24.3 Å². The van der Waals surface area contributed by atoms with Crippen LogP contribution in [0.2, 0.25) is 0 Å². The number of aryl methyl sites for hydroxylation is 1. The molecule has 1 unspecified atom stereocenters. The Bertz CT molecular complexity index is 893. The van der Waals surface area contributed by atoms with E-state index in [0.29, 0.717) is 12.2 Å². The first-order chi connectivity index (χ1) is 12.6. The molecule has 0 saturated carbocycles. The second-order valence-electron chi connectivity index (χ2n) is 6.17. The van der Waals surface area contributed by atoms with Gasteiger partial charge in [-0.05, 0) is 59.2 Å². The lowest BCUT2D eigenvalue weighted by atomic mass is 9.98. The van der Waals surface area contributed by atoms with Crippen LogP contribution in [0.25, 0.3) is 16.8 Å². The Kier molecular flexibility index (Phi) is 5.38. The van der Waals surface area contributed by atoms with Gasteiger partial charge in [0.25, 0.3) is 5.91 Å². The highest BCUT2D eigenvalue weighted by atomic mass is 16.5. The van der Waals surface area contributed by atoms with E-state index in [-0.39, 0.29) is 11.9 Å². The lowest BCUT2D eigenvalue weighted by Crippen LogP contribution is -2.35. The highest BCUT2D eigenvalue weighted by Crippen LogP contribution is 2.26. The Morgan fingerprint density at radius 2 is 2.08 bits per heavy atom. The van der Waals surface area contributed by atoms with Crippen molar-refractivity contribution in [2.75, 3.05) is 13.7 Å². The molecule has 3 aromatic rings. The number of nitrogens with one attached hydrogen (secondary N) is 1. The number of hydrogen-bond acceptors (Lipinski definition) is 5. The fourth-order valence-corrected chi connectivity index (χ4v) is 2.81. The van der Waals surface area contributed by atoms with Crippen molar-refractivity contribution in [2.45, 2.75) is 19.9 Å². The first kappa shape index (κ1) is 17.8. The number of rotatable bonds is 6. The van der Waals surface area contributed by atoms with Crippen LogP contribution in [-0.2, 0) is 4.74 Å². The Hall–Kier alpha value is -3.06. The van der Waals surface area contributed by atoms with Crippen LogP contribution in [0.4, 0.5) is 0 Å². The maximum absolute atomic E-state index is 12.7. The topological polar surface area (TPSA) is 81.9 Å². The van der Waals surface area contributed by atoms with Crippen molar-refractivity contribution in [3.05, 3.63) is 59.9 Å². The van der Waals surface area contributed by atoms with Gasteiger partial charge in [0.1, 0.15) is 6.33 Å². The van der Waals surface area contributed by atoms with E-state index in [2.05, 4.69) is 20.8 Å². The largest absolute Gasteiger partial charge is 0.383 e. The molecule has 0 aliphatic rings. The summed E-state index contributed by atoms with van der Waals surface area (Å²) >= 11 is 0. The standard InChI is InChI=1S/C19H21N5O2/c1-13-6-4-5-7-18(13)15-8-16(19(25)21-14(2)11-26-3)10-17(9-15)24-12-20-22-23-24/h4-10,12,14H,11H2,1-3H3,(H,21,25). The lowest BCUT2D eigenvalue weighted by Gasteiger charge is -2.15. The summed E-state index contributed by atoms with van der Waals surface area (Å²) in [7, 11) is 1.61. The fourth-order valence-electron chi connectivity index (χ4n) is 2.81. The number of hydrogen-bond donors (Lipinski definition) is 1. The molecule has 2 aromatic carbocycles. The lowest BCUT2D eigenvalue weighted by molar-refractivity contribution is 0.0905. The van der Waals surface area contributed by atoms with Gasteiger partial charge in [0.05, 0.1) is 12.3 Å². The number of ether oxygens (including phenoxy) is 1. The molecule has 0 spiro atoms. The number of aromatic nitrogens is 4. The zero-order valence-corrected chi connectivity index (χ0v) is 15.0. The van der Waals surface area contributed by atoms with Gasteiger partial charge in [0.15, 0.2) is 0 Å². The quantitative estimate of drug-likeness (QED) is 0.737. The molecule has 7 nitrogen and oxygen atoms in total. The normalized spacial score (nSPS) is 12.0. The molecule has 0 saturated heterocycles. The summed E-state index contributed by atoms with van der Waals surface area (Å²) in [6.07, 6.45) is 1.51. The van der Waals surface area contributed by atoms with E-state index >= 15 is 0 Å². The van der Waals surface area contributed by atoms with Gasteiger partial charge in [-0.15, -0.1) is 5.10 Å². The zero-order chi connectivity index (χ0) is 18.5. The Labute approximate surface area is 152 Å². The molecule has 1 amide bonds. The fraction of sp³-hybridized carbons (Fsp3) is 0.263. The highest BCUT2D eigenvalue weighted by molar-refractivity contribution is 5.96. The zero-order valence-electron chi connectivity index (χ0n) is 15.0. The van der Waals surface area contributed by atoms with E-state index in [0.717, 1.165) is 22.4 Å².